The molecule has 10 heteroatoms. The van der Waals surface area contributed by atoms with Crippen molar-refractivity contribution < 1.29 is 4.74 Å². The predicted octanol–water partition coefficient (Wildman–Crippen LogP) is 1.37. The zero-order valence-electron chi connectivity index (χ0n) is 17.8. The molecular formula is C21H31ClN8O. The molecule has 2 aliphatic rings. The number of halogens is 1. The molecule has 3 unspecified atom stereocenters. The lowest BCUT2D eigenvalue weighted by molar-refractivity contribution is 0.242. The number of hydrogen-bond donors (Lipinski definition) is 5. The molecule has 0 radical (unpaired) electrons. The van der Waals surface area contributed by atoms with E-state index in [9.17, 15) is 0 Å². The number of hydrogen-bond acceptors (Lipinski definition) is 9. The molecule has 1 aliphatic carbocycles. The highest BCUT2D eigenvalue weighted by Crippen LogP contribution is 2.29. The van der Waals surface area contributed by atoms with Crippen LogP contribution in [0.5, 0.6) is 0 Å². The minimum atomic E-state index is -0.595. The molecule has 1 aromatic rings. The average Bonchev–Trinajstić information content (AvgIpc) is 2.79. The Hall–Kier alpha value is -2.22. The number of nitriles is 1. The minimum Gasteiger partial charge on any atom is -0.499 e. The van der Waals surface area contributed by atoms with Crippen LogP contribution in [0.15, 0.2) is 34.8 Å². The zero-order chi connectivity index (χ0) is 22.1. The Morgan fingerprint density at radius 1 is 1.42 bits per heavy atom. The van der Waals surface area contributed by atoms with E-state index in [1.54, 1.807) is 7.11 Å². The van der Waals surface area contributed by atoms with Crippen LogP contribution in [0.4, 0.5) is 5.82 Å². The number of anilines is 1. The standard InChI is InChI=1S/C21H31ClN8O/c1-31-19-7-15(4-6-26-11-14-3-2-5-25-10-14)17(22)8-18(19)29-21(24)30-20-13-27-16(9-23)12-28-20/h7,12-14,18,21,25-26,29H,2-6,8,10-11,24H2,1H3,(H,28,30). The van der Waals surface area contributed by atoms with Gasteiger partial charge in [-0.25, -0.2) is 9.97 Å². The lowest BCUT2D eigenvalue weighted by atomic mass is 9.97. The summed E-state index contributed by atoms with van der Waals surface area (Å²) in [5, 5.41) is 22.9. The molecular weight excluding hydrogens is 416 g/mol. The van der Waals surface area contributed by atoms with Crippen LogP contribution in [-0.4, -0.2) is 55.6 Å². The van der Waals surface area contributed by atoms with Gasteiger partial charge in [-0.05, 0) is 63.0 Å². The summed E-state index contributed by atoms with van der Waals surface area (Å²) in [7, 11) is 1.65. The van der Waals surface area contributed by atoms with E-state index in [0.29, 0.717) is 18.2 Å². The van der Waals surface area contributed by atoms with Crippen molar-refractivity contribution in [1.82, 2.24) is 25.9 Å². The van der Waals surface area contributed by atoms with Crippen LogP contribution in [0.2, 0.25) is 0 Å². The number of allylic oxidation sites excluding steroid dienone is 1. The van der Waals surface area contributed by atoms with Gasteiger partial charge in [0.2, 0.25) is 0 Å². The van der Waals surface area contributed by atoms with Gasteiger partial charge in [0.15, 0.2) is 5.69 Å². The van der Waals surface area contributed by atoms with Crippen molar-refractivity contribution in [2.24, 2.45) is 11.7 Å². The van der Waals surface area contributed by atoms with Crippen molar-refractivity contribution in [3.05, 3.63) is 40.5 Å². The molecule has 3 atom stereocenters. The van der Waals surface area contributed by atoms with Gasteiger partial charge >= 0.3 is 0 Å². The van der Waals surface area contributed by atoms with E-state index in [-0.39, 0.29) is 11.7 Å². The van der Waals surface area contributed by atoms with Gasteiger partial charge in [0, 0.05) is 11.5 Å². The van der Waals surface area contributed by atoms with Crippen LogP contribution < -0.4 is 27.0 Å². The van der Waals surface area contributed by atoms with Crippen molar-refractivity contribution in [1.29, 1.82) is 5.26 Å². The predicted molar refractivity (Wildman–Crippen MR) is 121 cm³/mol. The maximum atomic E-state index is 8.80. The molecule has 9 nitrogen and oxygen atoms in total. The van der Waals surface area contributed by atoms with Gasteiger partial charge in [0.25, 0.3) is 0 Å². The fourth-order valence-electron chi connectivity index (χ4n) is 3.82. The molecule has 0 spiro atoms. The van der Waals surface area contributed by atoms with Crippen molar-refractivity contribution >= 4 is 17.4 Å². The van der Waals surface area contributed by atoms with Gasteiger partial charge in [-0.2, -0.15) is 5.26 Å². The van der Waals surface area contributed by atoms with Crippen LogP contribution in [0.25, 0.3) is 0 Å². The first-order valence-electron chi connectivity index (χ1n) is 10.6. The van der Waals surface area contributed by atoms with Gasteiger partial charge in [-0.1, -0.05) is 11.6 Å². The highest BCUT2D eigenvalue weighted by Gasteiger charge is 2.25. The first-order chi connectivity index (χ1) is 15.1. The maximum absolute atomic E-state index is 8.80. The summed E-state index contributed by atoms with van der Waals surface area (Å²) in [5.74, 6) is 1.97. The number of aromatic nitrogens is 2. The quantitative estimate of drug-likeness (QED) is 0.267. The van der Waals surface area contributed by atoms with Crippen molar-refractivity contribution in [3.63, 3.8) is 0 Å². The molecule has 0 amide bonds. The van der Waals surface area contributed by atoms with Gasteiger partial charge in [0.1, 0.15) is 23.9 Å². The minimum absolute atomic E-state index is 0.156. The molecule has 2 heterocycles. The Labute approximate surface area is 188 Å². The Balaban J connectivity index is 1.47. The summed E-state index contributed by atoms with van der Waals surface area (Å²) in [5.41, 5.74) is 7.50. The molecule has 1 saturated heterocycles. The van der Waals surface area contributed by atoms with E-state index >= 15 is 0 Å². The number of nitrogens with zero attached hydrogens (tertiary/aromatic N) is 3. The topological polar surface area (TPSA) is 133 Å². The van der Waals surface area contributed by atoms with Gasteiger partial charge in [0.05, 0.1) is 25.5 Å². The van der Waals surface area contributed by atoms with Crippen molar-refractivity contribution in [2.75, 3.05) is 38.6 Å². The van der Waals surface area contributed by atoms with Crippen LogP contribution in [0.1, 0.15) is 31.4 Å². The zero-order valence-corrected chi connectivity index (χ0v) is 18.6. The maximum Gasteiger partial charge on any atom is 0.158 e. The first kappa shape index (κ1) is 23.4. The largest absolute Gasteiger partial charge is 0.499 e. The van der Waals surface area contributed by atoms with E-state index in [4.69, 9.17) is 27.3 Å². The molecule has 31 heavy (non-hydrogen) atoms. The van der Waals surface area contributed by atoms with Gasteiger partial charge in [-0.15, -0.1) is 0 Å². The Kier molecular flexibility index (Phi) is 9.06. The second-order valence-corrected chi connectivity index (χ2v) is 8.25. The Morgan fingerprint density at radius 2 is 2.29 bits per heavy atom. The third-order valence-corrected chi connectivity index (χ3v) is 5.88. The molecule has 0 aromatic carbocycles. The van der Waals surface area contributed by atoms with E-state index in [2.05, 4.69) is 31.2 Å². The summed E-state index contributed by atoms with van der Waals surface area (Å²) in [4.78, 5) is 8.09. The number of ether oxygens (including phenoxy) is 1. The molecule has 0 saturated carbocycles. The van der Waals surface area contributed by atoms with Crippen molar-refractivity contribution in [2.45, 2.75) is 38.0 Å². The lowest BCUT2D eigenvalue weighted by Crippen LogP contribution is -2.50. The van der Waals surface area contributed by atoms with E-state index in [1.807, 2.05) is 12.1 Å². The number of rotatable bonds is 10. The summed E-state index contributed by atoms with van der Waals surface area (Å²) in [6, 6.07) is 1.77. The molecule has 3 rings (SSSR count). The highest BCUT2D eigenvalue weighted by atomic mass is 35.5. The Morgan fingerprint density at radius 3 is 2.97 bits per heavy atom. The lowest BCUT2D eigenvalue weighted by Gasteiger charge is -2.29. The SMILES string of the molecule is COC1=CC(CCNCC2CCCNC2)=C(Cl)CC1NC(N)Nc1cnc(C#N)cn1. The summed E-state index contributed by atoms with van der Waals surface area (Å²) < 4.78 is 5.59. The fourth-order valence-corrected chi connectivity index (χ4v) is 4.12. The normalized spacial score (nSPS) is 22.5. The number of nitrogens with two attached hydrogens (primary N) is 1. The van der Waals surface area contributed by atoms with Crippen molar-refractivity contribution in [3.8, 4) is 6.07 Å². The van der Waals surface area contributed by atoms with Crippen LogP contribution in [0, 0.1) is 17.2 Å². The van der Waals surface area contributed by atoms with Gasteiger partial charge in [-0.3, -0.25) is 11.1 Å². The summed E-state index contributed by atoms with van der Waals surface area (Å²) >= 11 is 6.59. The third-order valence-electron chi connectivity index (χ3n) is 5.48. The van der Waals surface area contributed by atoms with Crippen LogP contribution in [0.3, 0.4) is 0 Å². The first-order valence-corrected chi connectivity index (χ1v) is 11.0. The highest BCUT2D eigenvalue weighted by molar-refractivity contribution is 6.30. The smallest absolute Gasteiger partial charge is 0.158 e. The molecule has 1 aromatic heterocycles. The molecule has 1 fully saturated rings. The second-order valence-electron chi connectivity index (χ2n) is 7.79. The van der Waals surface area contributed by atoms with E-state index in [0.717, 1.165) is 49.0 Å². The number of piperidine rings is 1. The summed E-state index contributed by atoms with van der Waals surface area (Å²) in [6.45, 7) is 4.15. The summed E-state index contributed by atoms with van der Waals surface area (Å²) in [6.07, 6.45) is 8.25. The van der Waals surface area contributed by atoms with Gasteiger partial charge < -0.3 is 20.7 Å². The fraction of sp³-hybridized carbons (Fsp3) is 0.571. The third kappa shape index (κ3) is 7.16. The molecule has 6 N–H and O–H groups in total. The molecule has 1 aliphatic heterocycles. The second kappa shape index (κ2) is 12.0. The van der Waals surface area contributed by atoms with Crippen LogP contribution in [-0.2, 0) is 4.74 Å². The number of nitrogens with one attached hydrogen (secondary N) is 4. The number of methoxy groups -OCH3 is 1. The monoisotopic (exact) mass is 446 g/mol. The Bertz CT molecular complexity index is 814. The average molecular weight is 447 g/mol. The van der Waals surface area contributed by atoms with E-state index in [1.165, 1.54) is 25.2 Å². The molecule has 0 bridgehead atoms. The van der Waals surface area contributed by atoms with E-state index < -0.39 is 6.29 Å². The van der Waals surface area contributed by atoms with Crippen LogP contribution >= 0.6 is 11.6 Å². The molecule has 168 valence electrons.